The number of nitrogens with one attached hydrogen (secondary N) is 4. The number of hydrogen-bond acceptors (Lipinski definition) is 4. The van der Waals surface area contributed by atoms with Crippen molar-refractivity contribution in [2.75, 3.05) is 0 Å². The van der Waals surface area contributed by atoms with Crippen molar-refractivity contribution in [1.29, 1.82) is 0 Å². The van der Waals surface area contributed by atoms with Crippen molar-refractivity contribution >= 4 is 5.96 Å². The van der Waals surface area contributed by atoms with Gasteiger partial charge < -0.3 is 0 Å². The highest BCUT2D eigenvalue weighted by Crippen LogP contribution is 1.70. The molecule has 8 nitrogen and oxygen atoms in total. The number of hydrogen-bond donors (Lipinski definition) is 4. The van der Waals surface area contributed by atoms with Crippen molar-refractivity contribution in [2.45, 2.75) is 0 Å². The molecule has 8 heteroatoms. The Morgan fingerprint density at radius 3 is 2.44 bits per heavy atom. The monoisotopic (exact) mass is 132 g/mol. The zero-order chi connectivity index (χ0) is 6.69. The third kappa shape index (κ3) is 1.51. The Bertz CT molecular complexity index is 143. The summed E-state index contributed by atoms with van der Waals surface area (Å²) in [6.45, 7) is 0. The van der Waals surface area contributed by atoms with Gasteiger partial charge >= 0.3 is 0 Å². The lowest BCUT2D eigenvalue weighted by atomic mass is 11.1. The second-order valence-electron chi connectivity index (χ2n) is 1.19. The zero-order valence-electron chi connectivity index (χ0n) is 4.21. The second kappa shape index (κ2) is 2.24. The first-order chi connectivity index (χ1) is 4.29. The SMILES string of the molecule is O=[N+]([O-])N=C1NNNN1. The van der Waals surface area contributed by atoms with Gasteiger partial charge in [0, 0.05) is 0 Å². The van der Waals surface area contributed by atoms with Gasteiger partial charge in [-0.25, -0.2) is 10.1 Å². The molecule has 1 fully saturated rings. The summed E-state index contributed by atoms with van der Waals surface area (Å²) in [7, 11) is 0. The van der Waals surface area contributed by atoms with E-state index >= 15 is 0 Å². The fourth-order valence-corrected chi connectivity index (χ4v) is 0.344. The van der Waals surface area contributed by atoms with Gasteiger partial charge in [0.1, 0.15) is 5.10 Å². The molecule has 0 spiro atoms. The van der Waals surface area contributed by atoms with Gasteiger partial charge in [0.05, 0.1) is 0 Å². The minimum Gasteiger partial charge on any atom is -0.270 e. The topological polar surface area (TPSA) is 104 Å². The van der Waals surface area contributed by atoms with Crippen molar-refractivity contribution in [3.63, 3.8) is 0 Å². The molecule has 0 unspecified atom stereocenters. The standard InChI is InChI=1S/CH4N6O2/c8-7(9)4-1-2-5-6-3-1/h5-6H,(H2,2,3,4). The van der Waals surface area contributed by atoms with Crippen LogP contribution in [0, 0.1) is 10.1 Å². The van der Waals surface area contributed by atoms with Crippen LogP contribution >= 0.6 is 0 Å². The van der Waals surface area contributed by atoms with Crippen molar-refractivity contribution in [3.05, 3.63) is 10.1 Å². The molecule has 1 saturated heterocycles. The quantitative estimate of drug-likeness (QED) is 0.235. The molecule has 4 N–H and O–H groups in total. The average Bonchev–Trinajstić information content (AvgIpc) is 2.15. The number of rotatable bonds is 1. The van der Waals surface area contributed by atoms with Crippen molar-refractivity contribution in [2.24, 2.45) is 5.10 Å². The van der Waals surface area contributed by atoms with Gasteiger partial charge in [-0.2, -0.15) is 11.1 Å². The highest BCUT2D eigenvalue weighted by atomic mass is 16.7. The van der Waals surface area contributed by atoms with Gasteiger partial charge in [-0.3, -0.25) is 10.9 Å². The average molecular weight is 132 g/mol. The predicted molar refractivity (Wildman–Crippen MR) is 27.0 cm³/mol. The number of guanidine groups is 1. The van der Waals surface area contributed by atoms with Crippen LogP contribution in [-0.4, -0.2) is 11.0 Å². The van der Waals surface area contributed by atoms with E-state index in [4.69, 9.17) is 0 Å². The summed E-state index contributed by atoms with van der Waals surface area (Å²) >= 11 is 0. The Morgan fingerprint density at radius 2 is 2.00 bits per heavy atom. The molecular formula is CH4N6O2. The Labute approximate surface area is 49.4 Å². The third-order valence-corrected chi connectivity index (χ3v) is 0.606. The maximum atomic E-state index is 9.64. The third-order valence-electron chi connectivity index (χ3n) is 0.606. The molecule has 0 aliphatic carbocycles. The van der Waals surface area contributed by atoms with Gasteiger partial charge in [0.2, 0.25) is 0 Å². The molecule has 0 radical (unpaired) electrons. The molecule has 1 rings (SSSR count). The van der Waals surface area contributed by atoms with Crippen LogP contribution in [0.25, 0.3) is 0 Å². The Balaban J connectivity index is 2.49. The minimum absolute atomic E-state index is 0.0278. The normalized spacial score (nSPS) is 16.2. The van der Waals surface area contributed by atoms with Gasteiger partial charge in [-0.05, 0) is 0 Å². The Morgan fingerprint density at radius 1 is 1.44 bits per heavy atom. The number of nitro groups is 1. The molecule has 9 heavy (non-hydrogen) atoms. The van der Waals surface area contributed by atoms with Crippen molar-refractivity contribution in [1.82, 2.24) is 21.9 Å². The lowest BCUT2D eigenvalue weighted by Crippen LogP contribution is -2.33. The van der Waals surface area contributed by atoms with E-state index in [0.717, 1.165) is 0 Å². The van der Waals surface area contributed by atoms with Crippen LogP contribution in [0.1, 0.15) is 0 Å². The molecule has 0 bridgehead atoms. The first-order valence-corrected chi connectivity index (χ1v) is 2.04. The number of nitrogens with zero attached hydrogens (tertiary/aromatic N) is 2. The van der Waals surface area contributed by atoms with E-state index in [2.05, 4.69) is 27.0 Å². The largest absolute Gasteiger partial charge is 0.299 e. The first kappa shape index (κ1) is 5.72. The first-order valence-electron chi connectivity index (χ1n) is 2.04. The molecule has 1 aliphatic heterocycles. The fourth-order valence-electron chi connectivity index (χ4n) is 0.344. The van der Waals surface area contributed by atoms with E-state index in [9.17, 15) is 10.1 Å². The highest BCUT2D eigenvalue weighted by molar-refractivity contribution is 5.79. The fraction of sp³-hybridized carbons (Fsp3) is 0. The number of hydrazine groups is 3. The van der Waals surface area contributed by atoms with Crippen LogP contribution in [0.5, 0.6) is 0 Å². The summed E-state index contributed by atoms with van der Waals surface area (Å²) in [4.78, 5) is 9.64. The van der Waals surface area contributed by atoms with Gasteiger partial charge in [0.25, 0.3) is 5.96 Å². The molecule has 50 valence electrons. The highest BCUT2D eigenvalue weighted by Gasteiger charge is 2.07. The van der Waals surface area contributed by atoms with Crippen LogP contribution in [0.2, 0.25) is 0 Å². The molecule has 0 amide bonds. The van der Waals surface area contributed by atoms with Gasteiger partial charge in [-0.15, -0.1) is 0 Å². The molecule has 0 saturated carbocycles. The summed E-state index contributed by atoms with van der Waals surface area (Å²) in [6.07, 6.45) is 0. The Kier molecular flexibility index (Phi) is 1.42. The maximum absolute atomic E-state index is 9.64. The van der Waals surface area contributed by atoms with E-state index in [0.29, 0.717) is 0 Å². The van der Waals surface area contributed by atoms with E-state index in [-0.39, 0.29) is 5.96 Å². The van der Waals surface area contributed by atoms with Crippen LogP contribution in [0.15, 0.2) is 5.10 Å². The van der Waals surface area contributed by atoms with Crippen LogP contribution in [0.3, 0.4) is 0 Å². The molecule has 1 heterocycles. The molecule has 0 aromatic rings. The summed E-state index contributed by atoms with van der Waals surface area (Å²) < 4.78 is 0. The van der Waals surface area contributed by atoms with Gasteiger partial charge in [0.15, 0.2) is 5.03 Å². The van der Waals surface area contributed by atoms with E-state index < -0.39 is 5.03 Å². The summed E-state index contributed by atoms with van der Waals surface area (Å²) in [6, 6.07) is 0. The van der Waals surface area contributed by atoms with Crippen LogP contribution in [0.4, 0.5) is 0 Å². The lowest BCUT2D eigenvalue weighted by molar-refractivity contribution is -0.485. The van der Waals surface area contributed by atoms with Crippen molar-refractivity contribution < 1.29 is 5.03 Å². The van der Waals surface area contributed by atoms with E-state index in [1.54, 1.807) is 0 Å². The predicted octanol–water partition coefficient (Wildman–Crippen LogP) is -2.35. The number of hydrazone groups is 1. The summed E-state index contributed by atoms with van der Waals surface area (Å²) in [5.41, 5.74) is 9.31. The molecule has 0 aromatic carbocycles. The lowest BCUT2D eigenvalue weighted by Gasteiger charge is -1.84. The Hall–Kier alpha value is -1.41. The van der Waals surface area contributed by atoms with Gasteiger partial charge in [-0.1, -0.05) is 0 Å². The van der Waals surface area contributed by atoms with E-state index in [1.807, 2.05) is 0 Å². The molecule has 0 atom stereocenters. The summed E-state index contributed by atoms with van der Waals surface area (Å²) in [5, 5.41) is 11.7. The summed E-state index contributed by atoms with van der Waals surface area (Å²) in [5.74, 6) is 0.0278. The molecule has 1 aliphatic rings. The van der Waals surface area contributed by atoms with Crippen LogP contribution < -0.4 is 21.9 Å². The smallest absolute Gasteiger partial charge is 0.270 e. The molecule has 0 aromatic heterocycles. The zero-order valence-corrected chi connectivity index (χ0v) is 4.21. The minimum atomic E-state index is -0.815. The second-order valence-corrected chi connectivity index (χ2v) is 1.19. The van der Waals surface area contributed by atoms with E-state index in [1.165, 1.54) is 0 Å². The maximum Gasteiger partial charge on any atom is 0.299 e. The molecular weight excluding hydrogens is 128 g/mol. The van der Waals surface area contributed by atoms with Crippen LogP contribution in [-0.2, 0) is 0 Å². The van der Waals surface area contributed by atoms with Crippen molar-refractivity contribution in [3.8, 4) is 0 Å².